The van der Waals surface area contributed by atoms with Crippen molar-refractivity contribution in [2.75, 3.05) is 25.3 Å². The summed E-state index contributed by atoms with van der Waals surface area (Å²) in [7, 11) is 3.12. The standard InChI is InChI=1S/C23H21N5O3S/c1-30-18-7-8-20(21(13-18)31-2)25-22(29)14-32-23-10-9-19(26-27-23)16-3-5-17(6-4-16)28-12-11-24-15-28/h3-13,15H,14H2,1-2H3,(H,25,29). The number of thioether (sulfide) groups is 1. The summed E-state index contributed by atoms with van der Waals surface area (Å²) in [5.41, 5.74) is 3.33. The molecule has 0 aliphatic rings. The van der Waals surface area contributed by atoms with Crippen LogP contribution in [0.4, 0.5) is 5.69 Å². The first-order valence-corrected chi connectivity index (χ1v) is 10.7. The van der Waals surface area contributed by atoms with Crippen molar-refractivity contribution in [3.05, 3.63) is 73.3 Å². The third kappa shape index (κ3) is 5.06. The molecule has 0 fully saturated rings. The minimum absolute atomic E-state index is 0.167. The van der Waals surface area contributed by atoms with Crippen LogP contribution in [0.3, 0.4) is 0 Å². The fourth-order valence-electron chi connectivity index (χ4n) is 2.99. The Labute approximate surface area is 189 Å². The second-order valence-electron chi connectivity index (χ2n) is 6.68. The summed E-state index contributed by atoms with van der Waals surface area (Å²) < 4.78 is 12.4. The first-order valence-electron chi connectivity index (χ1n) is 9.73. The normalized spacial score (nSPS) is 10.6. The van der Waals surface area contributed by atoms with Crippen LogP contribution in [-0.2, 0) is 4.79 Å². The molecule has 32 heavy (non-hydrogen) atoms. The van der Waals surface area contributed by atoms with Crippen molar-refractivity contribution < 1.29 is 14.3 Å². The fourth-order valence-corrected chi connectivity index (χ4v) is 3.61. The average Bonchev–Trinajstić information content (AvgIpc) is 3.38. The van der Waals surface area contributed by atoms with Crippen LogP contribution in [0, 0.1) is 0 Å². The van der Waals surface area contributed by atoms with Gasteiger partial charge in [0.05, 0.1) is 37.7 Å². The van der Waals surface area contributed by atoms with Gasteiger partial charge in [-0.05, 0) is 36.4 Å². The SMILES string of the molecule is COc1ccc(NC(=O)CSc2ccc(-c3ccc(-n4ccnc4)cc3)nn2)c(OC)c1. The zero-order chi connectivity index (χ0) is 22.3. The second kappa shape index (κ2) is 9.97. The quantitative estimate of drug-likeness (QED) is 0.407. The largest absolute Gasteiger partial charge is 0.497 e. The number of benzene rings is 2. The third-order valence-electron chi connectivity index (χ3n) is 4.64. The molecule has 1 amide bonds. The van der Waals surface area contributed by atoms with Gasteiger partial charge in [0.15, 0.2) is 0 Å². The number of carbonyl (C=O) groups is 1. The Kier molecular flexibility index (Phi) is 6.66. The van der Waals surface area contributed by atoms with Gasteiger partial charge in [-0.3, -0.25) is 4.79 Å². The minimum Gasteiger partial charge on any atom is -0.497 e. The van der Waals surface area contributed by atoms with Gasteiger partial charge >= 0.3 is 0 Å². The van der Waals surface area contributed by atoms with E-state index in [1.807, 2.05) is 47.2 Å². The second-order valence-corrected chi connectivity index (χ2v) is 7.67. The Morgan fingerprint density at radius 3 is 2.53 bits per heavy atom. The van der Waals surface area contributed by atoms with Crippen molar-refractivity contribution in [2.24, 2.45) is 0 Å². The van der Waals surface area contributed by atoms with Crippen LogP contribution < -0.4 is 14.8 Å². The Hall–Kier alpha value is -3.85. The molecule has 0 spiro atoms. The molecule has 0 saturated carbocycles. The van der Waals surface area contributed by atoms with Gasteiger partial charge in [0, 0.05) is 29.7 Å². The number of hydrogen-bond acceptors (Lipinski definition) is 7. The van der Waals surface area contributed by atoms with Gasteiger partial charge in [0.2, 0.25) is 5.91 Å². The number of imidazole rings is 1. The van der Waals surface area contributed by atoms with Crippen molar-refractivity contribution in [3.63, 3.8) is 0 Å². The first-order chi connectivity index (χ1) is 15.7. The molecule has 2 aromatic heterocycles. The van der Waals surface area contributed by atoms with Crippen molar-refractivity contribution in [2.45, 2.75) is 5.03 Å². The van der Waals surface area contributed by atoms with Gasteiger partial charge in [-0.25, -0.2) is 4.98 Å². The van der Waals surface area contributed by atoms with E-state index in [-0.39, 0.29) is 11.7 Å². The van der Waals surface area contributed by atoms with Crippen LogP contribution in [0.2, 0.25) is 0 Å². The summed E-state index contributed by atoms with van der Waals surface area (Å²) >= 11 is 1.31. The zero-order valence-corrected chi connectivity index (χ0v) is 18.4. The molecule has 0 atom stereocenters. The maximum atomic E-state index is 12.4. The van der Waals surface area contributed by atoms with Crippen LogP contribution in [0.1, 0.15) is 0 Å². The molecule has 8 nitrogen and oxygen atoms in total. The zero-order valence-electron chi connectivity index (χ0n) is 17.6. The predicted molar refractivity (Wildman–Crippen MR) is 123 cm³/mol. The number of carbonyl (C=O) groups excluding carboxylic acids is 1. The van der Waals surface area contributed by atoms with E-state index in [1.165, 1.54) is 11.8 Å². The summed E-state index contributed by atoms with van der Waals surface area (Å²) in [4.78, 5) is 16.4. The molecular weight excluding hydrogens is 426 g/mol. The van der Waals surface area contributed by atoms with E-state index in [9.17, 15) is 4.79 Å². The molecule has 4 rings (SSSR count). The molecular formula is C23H21N5O3S. The maximum absolute atomic E-state index is 12.4. The van der Waals surface area contributed by atoms with Crippen LogP contribution in [0.15, 0.2) is 78.3 Å². The monoisotopic (exact) mass is 447 g/mol. The topological polar surface area (TPSA) is 91.2 Å². The fraction of sp³-hybridized carbons (Fsp3) is 0.130. The molecule has 4 aromatic rings. The van der Waals surface area contributed by atoms with E-state index in [0.717, 1.165) is 16.9 Å². The number of nitrogens with zero attached hydrogens (tertiary/aromatic N) is 4. The molecule has 9 heteroatoms. The molecule has 0 aliphatic heterocycles. The van der Waals surface area contributed by atoms with E-state index in [0.29, 0.717) is 22.2 Å². The van der Waals surface area contributed by atoms with Crippen molar-refractivity contribution in [1.29, 1.82) is 0 Å². The van der Waals surface area contributed by atoms with Gasteiger partial charge in [-0.2, -0.15) is 0 Å². The molecule has 2 heterocycles. The lowest BCUT2D eigenvalue weighted by Gasteiger charge is -2.11. The molecule has 2 aromatic carbocycles. The van der Waals surface area contributed by atoms with Crippen molar-refractivity contribution >= 4 is 23.4 Å². The number of rotatable bonds is 8. The minimum atomic E-state index is -0.167. The van der Waals surface area contributed by atoms with E-state index >= 15 is 0 Å². The van der Waals surface area contributed by atoms with Gasteiger partial charge in [-0.1, -0.05) is 23.9 Å². The van der Waals surface area contributed by atoms with E-state index in [2.05, 4.69) is 20.5 Å². The summed E-state index contributed by atoms with van der Waals surface area (Å²) in [5, 5.41) is 12.0. The molecule has 162 valence electrons. The maximum Gasteiger partial charge on any atom is 0.234 e. The average molecular weight is 448 g/mol. The summed E-state index contributed by atoms with van der Waals surface area (Å²) in [6, 6.07) is 16.9. The lowest BCUT2D eigenvalue weighted by molar-refractivity contribution is -0.113. The van der Waals surface area contributed by atoms with Crippen molar-refractivity contribution in [3.8, 4) is 28.4 Å². The highest BCUT2D eigenvalue weighted by atomic mass is 32.2. The number of aromatic nitrogens is 4. The highest BCUT2D eigenvalue weighted by molar-refractivity contribution is 7.99. The molecule has 0 aliphatic carbocycles. The molecule has 0 radical (unpaired) electrons. The summed E-state index contributed by atoms with van der Waals surface area (Å²) in [6.07, 6.45) is 5.38. The van der Waals surface area contributed by atoms with Crippen LogP contribution in [0.25, 0.3) is 16.9 Å². The van der Waals surface area contributed by atoms with Gasteiger partial charge in [0.25, 0.3) is 0 Å². The van der Waals surface area contributed by atoms with E-state index in [4.69, 9.17) is 9.47 Å². The van der Waals surface area contributed by atoms with Crippen LogP contribution in [-0.4, -0.2) is 45.6 Å². The lowest BCUT2D eigenvalue weighted by atomic mass is 10.1. The van der Waals surface area contributed by atoms with Crippen molar-refractivity contribution in [1.82, 2.24) is 19.7 Å². The van der Waals surface area contributed by atoms with Gasteiger partial charge < -0.3 is 19.4 Å². The number of hydrogen-bond donors (Lipinski definition) is 1. The molecule has 0 saturated heterocycles. The van der Waals surface area contributed by atoms with E-state index in [1.54, 1.807) is 44.9 Å². The first kappa shape index (κ1) is 21.4. The number of ether oxygens (including phenoxy) is 2. The molecule has 0 bridgehead atoms. The number of nitrogens with one attached hydrogen (secondary N) is 1. The van der Waals surface area contributed by atoms with Crippen LogP contribution in [0.5, 0.6) is 11.5 Å². The molecule has 0 unspecified atom stereocenters. The number of anilines is 1. The number of amides is 1. The summed E-state index contributed by atoms with van der Waals surface area (Å²) in [5.74, 6) is 1.22. The predicted octanol–water partition coefficient (Wildman–Crippen LogP) is 4.08. The highest BCUT2D eigenvalue weighted by Gasteiger charge is 2.10. The Balaban J connectivity index is 1.34. The third-order valence-corrected chi connectivity index (χ3v) is 5.56. The van der Waals surface area contributed by atoms with E-state index < -0.39 is 0 Å². The number of methoxy groups -OCH3 is 2. The van der Waals surface area contributed by atoms with Gasteiger partial charge in [-0.15, -0.1) is 10.2 Å². The molecule has 1 N–H and O–H groups in total. The Bertz CT molecular complexity index is 1180. The van der Waals surface area contributed by atoms with Gasteiger partial charge in [0.1, 0.15) is 16.5 Å². The van der Waals surface area contributed by atoms with Crippen LogP contribution >= 0.6 is 11.8 Å². The highest BCUT2D eigenvalue weighted by Crippen LogP contribution is 2.29. The summed E-state index contributed by atoms with van der Waals surface area (Å²) in [6.45, 7) is 0. The Morgan fingerprint density at radius 1 is 1.03 bits per heavy atom. The lowest BCUT2D eigenvalue weighted by Crippen LogP contribution is -2.14. The Morgan fingerprint density at radius 2 is 1.88 bits per heavy atom. The smallest absolute Gasteiger partial charge is 0.234 e.